The zero-order valence-corrected chi connectivity index (χ0v) is 12.9. The van der Waals surface area contributed by atoms with Crippen LogP contribution >= 0.6 is 0 Å². The predicted molar refractivity (Wildman–Crippen MR) is 83.9 cm³/mol. The third-order valence-electron chi connectivity index (χ3n) is 3.43. The van der Waals surface area contributed by atoms with Gasteiger partial charge in [-0.05, 0) is 49.7 Å². The van der Waals surface area contributed by atoms with Gasteiger partial charge in [0.15, 0.2) is 0 Å². The molecule has 1 N–H and O–H groups in total. The Kier molecular flexibility index (Phi) is 5.39. The van der Waals surface area contributed by atoms with Crippen LogP contribution in [0.5, 0.6) is 0 Å². The summed E-state index contributed by atoms with van der Waals surface area (Å²) >= 11 is 0. The monoisotopic (exact) mass is 290 g/mol. The number of anilines is 1. The van der Waals surface area contributed by atoms with Crippen LogP contribution in [0.2, 0.25) is 0 Å². The van der Waals surface area contributed by atoms with Gasteiger partial charge in [-0.1, -0.05) is 13.0 Å². The predicted octanol–water partition coefficient (Wildman–Crippen LogP) is 3.86. The molecule has 0 radical (unpaired) electrons. The minimum Gasteiger partial charge on any atom is -0.463 e. The Labute approximate surface area is 125 Å². The molecule has 114 valence electrons. The Morgan fingerprint density at radius 3 is 2.81 bits per heavy atom. The van der Waals surface area contributed by atoms with Gasteiger partial charge < -0.3 is 14.6 Å². The van der Waals surface area contributed by atoms with Crippen LogP contribution in [0.1, 0.15) is 30.4 Å². The fourth-order valence-electron chi connectivity index (χ4n) is 2.26. The average molecular weight is 290 g/mol. The molecule has 1 heterocycles. The van der Waals surface area contributed by atoms with Crippen LogP contribution in [0.15, 0.2) is 34.7 Å². The van der Waals surface area contributed by atoms with Gasteiger partial charge in [0.2, 0.25) is 0 Å². The first-order valence-electron chi connectivity index (χ1n) is 7.35. The number of nitrogens with zero attached hydrogens (tertiary/aromatic N) is 1. The molecule has 1 aromatic carbocycles. The van der Waals surface area contributed by atoms with Crippen molar-refractivity contribution in [3.63, 3.8) is 0 Å². The van der Waals surface area contributed by atoms with Gasteiger partial charge in [-0.15, -0.1) is 0 Å². The van der Waals surface area contributed by atoms with Crippen LogP contribution in [0.25, 0.3) is 0 Å². The van der Waals surface area contributed by atoms with Crippen LogP contribution < -0.4 is 10.2 Å². The highest BCUT2D eigenvalue weighted by Crippen LogP contribution is 2.20. The van der Waals surface area contributed by atoms with Crippen molar-refractivity contribution in [2.24, 2.45) is 0 Å². The zero-order chi connectivity index (χ0) is 15.2. The fraction of sp³-hybridized carbons (Fsp3) is 0.412. The smallest absolute Gasteiger partial charge is 0.125 e. The molecule has 0 saturated heterocycles. The standard InChI is InChI=1S/C17H23FN2O/c1-4-8-19-11-17-13(2)9-16(21-17)12-20(3)15-7-5-6-14(18)10-15/h5-7,9-10,19H,4,8,11-12H2,1-3H3. The molecule has 0 fully saturated rings. The first-order valence-corrected chi connectivity index (χ1v) is 7.35. The molecule has 0 amide bonds. The Balaban J connectivity index is 2.01. The molecule has 0 aliphatic heterocycles. The Morgan fingerprint density at radius 2 is 2.10 bits per heavy atom. The molecule has 0 unspecified atom stereocenters. The molecule has 3 nitrogen and oxygen atoms in total. The largest absolute Gasteiger partial charge is 0.463 e. The van der Waals surface area contributed by atoms with Crippen molar-refractivity contribution in [1.29, 1.82) is 0 Å². The highest BCUT2D eigenvalue weighted by Gasteiger charge is 2.10. The first-order chi connectivity index (χ1) is 10.1. The molecule has 0 spiro atoms. The van der Waals surface area contributed by atoms with E-state index in [2.05, 4.69) is 25.2 Å². The van der Waals surface area contributed by atoms with E-state index in [0.29, 0.717) is 6.54 Å². The topological polar surface area (TPSA) is 28.4 Å². The second-order valence-electron chi connectivity index (χ2n) is 5.33. The molecule has 0 aliphatic carbocycles. The number of aryl methyl sites for hydroxylation is 1. The Bertz CT molecular complexity index is 580. The normalized spacial score (nSPS) is 10.9. The lowest BCUT2D eigenvalue weighted by atomic mass is 10.2. The van der Waals surface area contributed by atoms with Gasteiger partial charge in [-0.2, -0.15) is 0 Å². The summed E-state index contributed by atoms with van der Waals surface area (Å²) in [6, 6.07) is 8.64. The molecule has 0 bridgehead atoms. The van der Waals surface area contributed by atoms with E-state index in [0.717, 1.165) is 42.3 Å². The van der Waals surface area contributed by atoms with E-state index in [-0.39, 0.29) is 5.82 Å². The van der Waals surface area contributed by atoms with E-state index < -0.39 is 0 Å². The number of benzene rings is 1. The molecular formula is C17H23FN2O. The van der Waals surface area contributed by atoms with Crippen molar-refractivity contribution in [3.8, 4) is 0 Å². The van der Waals surface area contributed by atoms with Crippen LogP contribution in [-0.2, 0) is 13.1 Å². The number of hydrogen-bond donors (Lipinski definition) is 1. The molecule has 4 heteroatoms. The molecular weight excluding hydrogens is 267 g/mol. The van der Waals surface area contributed by atoms with E-state index in [4.69, 9.17) is 4.42 Å². The number of rotatable bonds is 7. The van der Waals surface area contributed by atoms with Gasteiger partial charge in [0.1, 0.15) is 17.3 Å². The minimum atomic E-state index is -0.223. The van der Waals surface area contributed by atoms with Gasteiger partial charge in [0, 0.05) is 12.7 Å². The summed E-state index contributed by atoms with van der Waals surface area (Å²) in [5.41, 5.74) is 2.00. The lowest BCUT2D eigenvalue weighted by molar-refractivity contribution is 0.444. The molecule has 0 saturated carbocycles. The van der Waals surface area contributed by atoms with Crippen LogP contribution in [0.3, 0.4) is 0 Å². The first kappa shape index (κ1) is 15.6. The molecule has 0 atom stereocenters. The van der Waals surface area contributed by atoms with E-state index in [1.54, 1.807) is 6.07 Å². The molecule has 2 aromatic rings. The maximum absolute atomic E-state index is 13.2. The average Bonchev–Trinajstić information content (AvgIpc) is 2.79. The fourth-order valence-corrected chi connectivity index (χ4v) is 2.26. The number of nitrogens with one attached hydrogen (secondary N) is 1. The summed E-state index contributed by atoms with van der Waals surface area (Å²) in [6.07, 6.45) is 1.11. The summed E-state index contributed by atoms with van der Waals surface area (Å²) < 4.78 is 19.1. The Hall–Kier alpha value is -1.81. The SMILES string of the molecule is CCCNCc1oc(CN(C)c2cccc(F)c2)cc1C. The highest BCUT2D eigenvalue weighted by molar-refractivity contribution is 5.45. The zero-order valence-electron chi connectivity index (χ0n) is 12.9. The van der Waals surface area contributed by atoms with Crippen molar-refractivity contribution in [2.75, 3.05) is 18.5 Å². The highest BCUT2D eigenvalue weighted by atomic mass is 19.1. The lowest BCUT2D eigenvalue weighted by Crippen LogP contribution is -2.16. The number of hydrogen-bond acceptors (Lipinski definition) is 3. The summed E-state index contributed by atoms with van der Waals surface area (Å²) in [5, 5.41) is 3.34. The summed E-state index contributed by atoms with van der Waals surface area (Å²) in [4.78, 5) is 1.98. The maximum atomic E-state index is 13.2. The van der Waals surface area contributed by atoms with E-state index in [1.807, 2.05) is 18.0 Å². The molecule has 2 rings (SSSR count). The second-order valence-corrected chi connectivity index (χ2v) is 5.33. The summed E-state index contributed by atoms with van der Waals surface area (Å²) in [7, 11) is 1.93. The van der Waals surface area contributed by atoms with Crippen molar-refractivity contribution in [3.05, 3.63) is 53.2 Å². The van der Waals surface area contributed by atoms with E-state index in [1.165, 1.54) is 12.1 Å². The third kappa shape index (κ3) is 4.33. The van der Waals surface area contributed by atoms with Crippen LogP contribution in [-0.4, -0.2) is 13.6 Å². The molecule has 1 aromatic heterocycles. The summed E-state index contributed by atoms with van der Waals surface area (Å²) in [5.74, 6) is 1.65. The van der Waals surface area contributed by atoms with Gasteiger partial charge in [-0.3, -0.25) is 0 Å². The molecule has 0 aliphatic rings. The lowest BCUT2D eigenvalue weighted by Gasteiger charge is -2.17. The number of furan rings is 1. The summed E-state index contributed by atoms with van der Waals surface area (Å²) in [6.45, 7) is 6.56. The van der Waals surface area contributed by atoms with Crippen LogP contribution in [0.4, 0.5) is 10.1 Å². The van der Waals surface area contributed by atoms with Gasteiger partial charge in [0.25, 0.3) is 0 Å². The van der Waals surface area contributed by atoms with Crippen LogP contribution in [0, 0.1) is 12.7 Å². The van der Waals surface area contributed by atoms with Crippen molar-refractivity contribution in [2.45, 2.75) is 33.4 Å². The van der Waals surface area contributed by atoms with E-state index >= 15 is 0 Å². The minimum absolute atomic E-state index is 0.223. The quantitative estimate of drug-likeness (QED) is 0.785. The second kappa shape index (κ2) is 7.27. The third-order valence-corrected chi connectivity index (χ3v) is 3.43. The van der Waals surface area contributed by atoms with E-state index in [9.17, 15) is 4.39 Å². The van der Waals surface area contributed by atoms with Crippen molar-refractivity contribution < 1.29 is 8.81 Å². The van der Waals surface area contributed by atoms with Gasteiger partial charge >= 0.3 is 0 Å². The van der Waals surface area contributed by atoms with Crippen molar-refractivity contribution in [1.82, 2.24) is 5.32 Å². The number of halogens is 1. The van der Waals surface area contributed by atoms with Crippen molar-refractivity contribution >= 4 is 5.69 Å². The Morgan fingerprint density at radius 1 is 1.29 bits per heavy atom. The molecule has 21 heavy (non-hydrogen) atoms. The van der Waals surface area contributed by atoms with Gasteiger partial charge in [0.05, 0.1) is 13.1 Å². The maximum Gasteiger partial charge on any atom is 0.125 e. The van der Waals surface area contributed by atoms with Gasteiger partial charge in [-0.25, -0.2) is 4.39 Å².